The Labute approximate surface area is 161 Å². The van der Waals surface area contributed by atoms with Crippen LogP contribution in [0.1, 0.15) is 23.2 Å². The summed E-state index contributed by atoms with van der Waals surface area (Å²) < 4.78 is 5.67. The Balaban J connectivity index is 1.39. The number of benzene rings is 1. The van der Waals surface area contributed by atoms with Crippen LogP contribution in [0.2, 0.25) is 0 Å². The fraction of sp³-hybridized carbons (Fsp3) is 0.429. The second-order valence-electron chi connectivity index (χ2n) is 7.00. The maximum atomic E-state index is 12.0. The summed E-state index contributed by atoms with van der Waals surface area (Å²) in [5, 5.41) is 3.58. The van der Waals surface area contributed by atoms with Gasteiger partial charge in [-0.15, -0.1) is 0 Å². The Morgan fingerprint density at radius 1 is 1.22 bits per heavy atom. The van der Waals surface area contributed by atoms with Gasteiger partial charge in [-0.2, -0.15) is 0 Å². The Kier molecular flexibility index (Phi) is 6.65. The highest BCUT2D eigenvalue weighted by Crippen LogP contribution is 2.21. The predicted molar refractivity (Wildman–Crippen MR) is 107 cm³/mol. The summed E-state index contributed by atoms with van der Waals surface area (Å²) in [5.41, 5.74) is 1.91. The minimum absolute atomic E-state index is 0.0398. The number of rotatable bonds is 7. The molecular weight excluding hydrogens is 340 g/mol. The van der Waals surface area contributed by atoms with E-state index in [4.69, 9.17) is 4.74 Å². The van der Waals surface area contributed by atoms with Crippen LogP contribution in [0.5, 0.6) is 5.75 Å². The number of hydrogen-bond donors (Lipinski definition) is 1. The molecular formula is C21H28N4O2. The zero-order valence-corrected chi connectivity index (χ0v) is 16.1. The molecule has 6 nitrogen and oxygen atoms in total. The van der Waals surface area contributed by atoms with Crippen molar-refractivity contribution in [2.45, 2.75) is 18.9 Å². The van der Waals surface area contributed by atoms with Gasteiger partial charge in [0, 0.05) is 57.2 Å². The molecule has 0 aliphatic carbocycles. The lowest BCUT2D eigenvalue weighted by atomic mass is 10.0. The van der Waals surface area contributed by atoms with Crippen LogP contribution in [0.15, 0.2) is 48.8 Å². The first-order valence-electron chi connectivity index (χ1n) is 9.46. The van der Waals surface area contributed by atoms with E-state index < -0.39 is 0 Å². The largest absolute Gasteiger partial charge is 0.491 e. The zero-order valence-electron chi connectivity index (χ0n) is 16.1. The third kappa shape index (κ3) is 5.44. The highest BCUT2D eigenvalue weighted by molar-refractivity contribution is 5.94. The number of anilines is 1. The number of ether oxygens (including phenoxy) is 1. The number of pyridine rings is 1. The third-order valence-corrected chi connectivity index (χ3v) is 4.82. The van der Waals surface area contributed by atoms with Crippen LogP contribution in [0.3, 0.4) is 0 Å². The van der Waals surface area contributed by atoms with Crippen LogP contribution < -0.4 is 15.0 Å². The molecule has 0 spiro atoms. The summed E-state index contributed by atoms with van der Waals surface area (Å²) in [6, 6.07) is 12.2. The van der Waals surface area contributed by atoms with Crippen molar-refractivity contribution in [3.05, 3.63) is 54.4 Å². The second-order valence-corrected chi connectivity index (χ2v) is 7.00. The first-order valence-corrected chi connectivity index (χ1v) is 9.46. The van der Waals surface area contributed by atoms with Gasteiger partial charge in [-0.1, -0.05) is 0 Å². The normalized spacial score (nSPS) is 14.8. The van der Waals surface area contributed by atoms with Gasteiger partial charge in [-0.25, -0.2) is 0 Å². The molecule has 3 rings (SSSR count). The summed E-state index contributed by atoms with van der Waals surface area (Å²) in [7, 11) is 3.55. The number of carbonyl (C=O) groups is 1. The SMILES string of the molecule is CN(C)C(=O)c1ccc(N2CCC(NCCOc3cccnc3)CC2)cc1. The number of nitrogens with zero attached hydrogens (tertiary/aromatic N) is 3. The number of hydrogen-bond acceptors (Lipinski definition) is 5. The van der Waals surface area contributed by atoms with Crippen LogP contribution in [-0.4, -0.2) is 62.2 Å². The van der Waals surface area contributed by atoms with Gasteiger partial charge in [0.2, 0.25) is 0 Å². The van der Waals surface area contributed by atoms with Crippen molar-refractivity contribution in [1.82, 2.24) is 15.2 Å². The van der Waals surface area contributed by atoms with Gasteiger partial charge in [0.1, 0.15) is 12.4 Å². The lowest BCUT2D eigenvalue weighted by molar-refractivity contribution is 0.0827. The molecule has 1 aromatic heterocycles. The fourth-order valence-corrected chi connectivity index (χ4v) is 3.28. The van der Waals surface area contributed by atoms with Crippen LogP contribution in [0.4, 0.5) is 5.69 Å². The molecule has 144 valence electrons. The topological polar surface area (TPSA) is 57.7 Å². The van der Waals surface area contributed by atoms with E-state index in [2.05, 4.69) is 15.2 Å². The maximum absolute atomic E-state index is 12.0. The van der Waals surface area contributed by atoms with Crippen molar-refractivity contribution in [3.63, 3.8) is 0 Å². The molecule has 27 heavy (non-hydrogen) atoms. The molecule has 2 heterocycles. The second kappa shape index (κ2) is 9.37. The smallest absolute Gasteiger partial charge is 0.253 e. The summed E-state index contributed by atoms with van der Waals surface area (Å²) in [4.78, 5) is 20.0. The quantitative estimate of drug-likeness (QED) is 0.761. The molecule has 0 saturated carbocycles. The molecule has 1 aromatic carbocycles. The fourth-order valence-electron chi connectivity index (χ4n) is 3.28. The van der Waals surface area contributed by atoms with E-state index in [-0.39, 0.29) is 5.91 Å². The van der Waals surface area contributed by atoms with Gasteiger partial charge in [0.05, 0.1) is 6.20 Å². The van der Waals surface area contributed by atoms with E-state index in [1.807, 2.05) is 36.4 Å². The maximum Gasteiger partial charge on any atom is 0.253 e. The lowest BCUT2D eigenvalue weighted by Crippen LogP contribution is -2.43. The average Bonchev–Trinajstić information content (AvgIpc) is 2.72. The van der Waals surface area contributed by atoms with E-state index in [1.165, 1.54) is 5.69 Å². The number of nitrogens with one attached hydrogen (secondary N) is 1. The van der Waals surface area contributed by atoms with Gasteiger partial charge < -0.3 is 19.9 Å². The molecule has 1 aliphatic heterocycles. The van der Waals surface area contributed by atoms with Crippen molar-refractivity contribution in [3.8, 4) is 5.75 Å². The van der Waals surface area contributed by atoms with Gasteiger partial charge in [0.15, 0.2) is 0 Å². The van der Waals surface area contributed by atoms with Crippen LogP contribution in [0, 0.1) is 0 Å². The summed E-state index contributed by atoms with van der Waals surface area (Å²) in [6.45, 7) is 3.51. The zero-order chi connectivity index (χ0) is 19.1. The predicted octanol–water partition coefficient (Wildman–Crippen LogP) is 2.42. The molecule has 0 unspecified atom stereocenters. The van der Waals surface area contributed by atoms with E-state index in [9.17, 15) is 4.79 Å². The summed E-state index contributed by atoms with van der Waals surface area (Å²) in [5.74, 6) is 0.850. The van der Waals surface area contributed by atoms with Crippen LogP contribution in [-0.2, 0) is 0 Å². The lowest BCUT2D eigenvalue weighted by Gasteiger charge is -2.34. The number of piperidine rings is 1. The number of amides is 1. The van der Waals surface area contributed by atoms with E-state index in [0.717, 1.165) is 43.8 Å². The first kappa shape index (κ1) is 19.2. The molecule has 0 bridgehead atoms. The molecule has 0 radical (unpaired) electrons. The van der Waals surface area contributed by atoms with Crippen LogP contribution >= 0.6 is 0 Å². The van der Waals surface area contributed by atoms with E-state index >= 15 is 0 Å². The molecule has 6 heteroatoms. The Hall–Kier alpha value is -2.60. The molecule has 0 atom stereocenters. The minimum atomic E-state index is 0.0398. The van der Waals surface area contributed by atoms with Crippen molar-refractivity contribution in [1.29, 1.82) is 0 Å². The molecule has 1 fully saturated rings. The molecule has 1 aliphatic rings. The van der Waals surface area contributed by atoms with Crippen molar-refractivity contribution >= 4 is 11.6 Å². The first-order chi connectivity index (χ1) is 13.1. The van der Waals surface area contributed by atoms with Crippen molar-refractivity contribution in [2.24, 2.45) is 0 Å². The standard InChI is InChI=1S/C21H28N4O2/c1-24(2)21(26)17-5-7-19(8-6-17)25-13-9-18(10-14-25)23-12-15-27-20-4-3-11-22-16-20/h3-8,11,16,18,23H,9-10,12-15H2,1-2H3. The molecule has 2 aromatic rings. The number of aromatic nitrogens is 1. The Morgan fingerprint density at radius 2 is 1.96 bits per heavy atom. The molecule has 1 saturated heterocycles. The van der Waals surface area contributed by atoms with Gasteiger partial charge in [-0.05, 0) is 49.2 Å². The summed E-state index contributed by atoms with van der Waals surface area (Å²) in [6.07, 6.45) is 5.68. The van der Waals surface area contributed by atoms with Gasteiger partial charge in [0.25, 0.3) is 5.91 Å². The van der Waals surface area contributed by atoms with E-state index in [0.29, 0.717) is 12.6 Å². The average molecular weight is 368 g/mol. The van der Waals surface area contributed by atoms with Gasteiger partial charge in [-0.3, -0.25) is 9.78 Å². The van der Waals surface area contributed by atoms with E-state index in [1.54, 1.807) is 31.4 Å². The monoisotopic (exact) mass is 368 g/mol. The highest BCUT2D eigenvalue weighted by atomic mass is 16.5. The van der Waals surface area contributed by atoms with Gasteiger partial charge >= 0.3 is 0 Å². The number of carbonyl (C=O) groups excluding carboxylic acids is 1. The van der Waals surface area contributed by atoms with Crippen molar-refractivity contribution < 1.29 is 9.53 Å². The van der Waals surface area contributed by atoms with Crippen LogP contribution in [0.25, 0.3) is 0 Å². The van der Waals surface area contributed by atoms with Crippen molar-refractivity contribution in [2.75, 3.05) is 45.2 Å². The molecule has 1 N–H and O–H groups in total. The Bertz CT molecular complexity index is 711. The summed E-state index contributed by atoms with van der Waals surface area (Å²) >= 11 is 0. The molecule has 1 amide bonds. The highest BCUT2D eigenvalue weighted by Gasteiger charge is 2.19. The minimum Gasteiger partial charge on any atom is -0.491 e. The Morgan fingerprint density at radius 3 is 2.59 bits per heavy atom. The third-order valence-electron chi connectivity index (χ3n) is 4.82.